The molecule has 2 unspecified atom stereocenters. The Morgan fingerprint density at radius 3 is 2.71 bits per heavy atom. The van der Waals surface area contributed by atoms with Crippen LogP contribution in [-0.4, -0.2) is 30.7 Å². The zero-order chi connectivity index (χ0) is 12.9. The molecule has 1 amide bonds. The SMILES string of the molecule is CC(NC1CC=CCC1)C(=O)NCC(F)(F)F. The van der Waals surface area contributed by atoms with Crippen molar-refractivity contribution in [2.24, 2.45) is 0 Å². The minimum atomic E-state index is -4.36. The molecular formula is C11H17F3N2O. The summed E-state index contributed by atoms with van der Waals surface area (Å²) in [5, 5.41) is 4.89. The fourth-order valence-corrected chi connectivity index (χ4v) is 1.71. The van der Waals surface area contributed by atoms with Crippen molar-refractivity contribution in [1.82, 2.24) is 10.6 Å². The molecule has 0 saturated heterocycles. The first-order valence-electron chi connectivity index (χ1n) is 5.64. The maximum Gasteiger partial charge on any atom is 0.405 e. The monoisotopic (exact) mass is 250 g/mol. The molecule has 2 atom stereocenters. The first-order valence-corrected chi connectivity index (χ1v) is 5.64. The topological polar surface area (TPSA) is 41.1 Å². The minimum absolute atomic E-state index is 0.173. The van der Waals surface area contributed by atoms with Crippen LogP contribution < -0.4 is 10.6 Å². The summed E-state index contributed by atoms with van der Waals surface area (Å²) in [5.41, 5.74) is 0. The van der Waals surface area contributed by atoms with Crippen molar-refractivity contribution in [3.63, 3.8) is 0 Å². The third kappa shape index (κ3) is 5.72. The summed E-state index contributed by atoms with van der Waals surface area (Å²) in [5.74, 6) is -0.614. The molecule has 2 N–H and O–H groups in total. The molecule has 6 heteroatoms. The van der Waals surface area contributed by atoms with Crippen LogP contribution in [0, 0.1) is 0 Å². The number of alkyl halides is 3. The lowest BCUT2D eigenvalue weighted by Crippen LogP contribution is -2.48. The summed E-state index contributed by atoms with van der Waals surface area (Å²) in [6, 6.07) is -0.430. The van der Waals surface area contributed by atoms with E-state index in [1.165, 1.54) is 0 Å². The molecular weight excluding hydrogens is 233 g/mol. The van der Waals surface area contributed by atoms with Crippen LogP contribution in [0.2, 0.25) is 0 Å². The zero-order valence-corrected chi connectivity index (χ0v) is 9.68. The summed E-state index contributed by atoms with van der Waals surface area (Å²) < 4.78 is 35.7. The van der Waals surface area contributed by atoms with Crippen molar-refractivity contribution in [2.75, 3.05) is 6.54 Å². The predicted molar refractivity (Wildman–Crippen MR) is 58.4 cm³/mol. The highest BCUT2D eigenvalue weighted by Gasteiger charge is 2.29. The van der Waals surface area contributed by atoms with Crippen molar-refractivity contribution in [3.05, 3.63) is 12.2 Å². The Labute approximate surface area is 98.5 Å². The van der Waals surface area contributed by atoms with E-state index in [0.29, 0.717) is 0 Å². The van der Waals surface area contributed by atoms with Gasteiger partial charge in [0.2, 0.25) is 5.91 Å². The Bertz CT molecular complexity index is 289. The van der Waals surface area contributed by atoms with E-state index in [1.807, 2.05) is 11.4 Å². The molecule has 17 heavy (non-hydrogen) atoms. The van der Waals surface area contributed by atoms with Gasteiger partial charge in [0, 0.05) is 6.04 Å². The number of hydrogen-bond acceptors (Lipinski definition) is 2. The number of hydrogen-bond donors (Lipinski definition) is 2. The Morgan fingerprint density at radius 1 is 1.47 bits per heavy atom. The number of nitrogens with one attached hydrogen (secondary N) is 2. The van der Waals surface area contributed by atoms with Gasteiger partial charge >= 0.3 is 6.18 Å². The van der Waals surface area contributed by atoms with E-state index >= 15 is 0 Å². The van der Waals surface area contributed by atoms with E-state index in [2.05, 4.69) is 11.4 Å². The highest BCUT2D eigenvalue weighted by molar-refractivity contribution is 5.81. The van der Waals surface area contributed by atoms with Gasteiger partial charge in [-0.3, -0.25) is 4.79 Å². The largest absolute Gasteiger partial charge is 0.405 e. The number of allylic oxidation sites excluding steroid dienone is 1. The third-order valence-corrected chi connectivity index (χ3v) is 2.61. The molecule has 1 aliphatic rings. The van der Waals surface area contributed by atoms with Crippen LogP contribution in [0.25, 0.3) is 0 Å². The number of amides is 1. The fourth-order valence-electron chi connectivity index (χ4n) is 1.71. The molecule has 0 heterocycles. The Morgan fingerprint density at radius 2 is 2.18 bits per heavy atom. The van der Waals surface area contributed by atoms with Gasteiger partial charge < -0.3 is 10.6 Å². The van der Waals surface area contributed by atoms with Crippen LogP contribution in [0.4, 0.5) is 13.2 Å². The number of carbonyl (C=O) groups excluding carboxylic acids is 1. The summed E-state index contributed by atoms with van der Waals surface area (Å²) in [6.45, 7) is 0.298. The van der Waals surface area contributed by atoms with E-state index in [9.17, 15) is 18.0 Å². The lowest BCUT2D eigenvalue weighted by Gasteiger charge is -2.23. The molecule has 1 aliphatic carbocycles. The molecule has 0 aromatic carbocycles. The van der Waals surface area contributed by atoms with Crippen molar-refractivity contribution in [2.45, 2.75) is 44.4 Å². The van der Waals surface area contributed by atoms with E-state index in [4.69, 9.17) is 0 Å². The van der Waals surface area contributed by atoms with Gasteiger partial charge in [0.15, 0.2) is 0 Å². The number of halogens is 3. The molecule has 0 aromatic rings. The first-order chi connectivity index (χ1) is 7.88. The highest BCUT2D eigenvalue weighted by atomic mass is 19.4. The number of rotatable bonds is 4. The van der Waals surface area contributed by atoms with Crippen molar-refractivity contribution >= 4 is 5.91 Å². The van der Waals surface area contributed by atoms with Gasteiger partial charge in [0.25, 0.3) is 0 Å². The minimum Gasteiger partial charge on any atom is -0.346 e. The van der Waals surface area contributed by atoms with E-state index < -0.39 is 24.7 Å². The molecule has 3 nitrogen and oxygen atoms in total. The molecule has 0 radical (unpaired) electrons. The zero-order valence-electron chi connectivity index (χ0n) is 9.68. The lowest BCUT2D eigenvalue weighted by molar-refractivity contribution is -0.139. The first kappa shape index (κ1) is 14.0. The van der Waals surface area contributed by atoms with Crippen molar-refractivity contribution < 1.29 is 18.0 Å². The smallest absolute Gasteiger partial charge is 0.346 e. The molecule has 98 valence electrons. The predicted octanol–water partition coefficient (Wildman–Crippen LogP) is 1.75. The van der Waals surface area contributed by atoms with Crippen LogP contribution in [0.5, 0.6) is 0 Å². The summed E-state index contributed by atoms with van der Waals surface area (Å²) in [7, 11) is 0. The lowest BCUT2D eigenvalue weighted by atomic mass is 10.0. The second-order valence-electron chi connectivity index (χ2n) is 4.20. The van der Waals surface area contributed by atoms with Crippen LogP contribution in [-0.2, 0) is 4.79 Å². The second-order valence-corrected chi connectivity index (χ2v) is 4.20. The van der Waals surface area contributed by atoms with Crippen LogP contribution in [0.15, 0.2) is 12.2 Å². The Kier molecular flexibility index (Phi) is 4.99. The molecule has 0 saturated carbocycles. The van der Waals surface area contributed by atoms with Crippen LogP contribution >= 0.6 is 0 Å². The summed E-state index contributed by atoms with van der Waals surface area (Å²) in [6.07, 6.45) is 2.38. The van der Waals surface area contributed by atoms with Gasteiger partial charge in [-0.25, -0.2) is 0 Å². The fraction of sp³-hybridized carbons (Fsp3) is 0.727. The second kappa shape index (κ2) is 6.05. The van der Waals surface area contributed by atoms with Gasteiger partial charge in [0.05, 0.1) is 6.04 Å². The average Bonchev–Trinajstić information content (AvgIpc) is 2.26. The standard InChI is InChI=1S/C11H17F3N2O/c1-8(10(17)15-7-11(12,13)14)16-9-5-3-2-4-6-9/h2-3,8-9,16H,4-7H2,1H3,(H,15,17). The van der Waals surface area contributed by atoms with E-state index in [0.717, 1.165) is 19.3 Å². The van der Waals surface area contributed by atoms with E-state index in [1.54, 1.807) is 6.92 Å². The quantitative estimate of drug-likeness (QED) is 0.746. The van der Waals surface area contributed by atoms with Gasteiger partial charge in [-0.15, -0.1) is 0 Å². The van der Waals surface area contributed by atoms with Crippen LogP contribution in [0.3, 0.4) is 0 Å². The van der Waals surface area contributed by atoms with E-state index in [-0.39, 0.29) is 6.04 Å². The number of carbonyl (C=O) groups is 1. The normalized spacial score (nSPS) is 22.2. The van der Waals surface area contributed by atoms with Crippen LogP contribution in [0.1, 0.15) is 26.2 Å². The molecule has 0 aromatic heterocycles. The highest BCUT2D eigenvalue weighted by Crippen LogP contribution is 2.13. The maximum atomic E-state index is 11.9. The van der Waals surface area contributed by atoms with Gasteiger partial charge in [-0.1, -0.05) is 12.2 Å². The summed E-state index contributed by atoms with van der Waals surface area (Å²) >= 11 is 0. The summed E-state index contributed by atoms with van der Waals surface area (Å²) in [4.78, 5) is 11.4. The van der Waals surface area contributed by atoms with Crippen molar-refractivity contribution in [3.8, 4) is 0 Å². The Balaban J connectivity index is 2.29. The van der Waals surface area contributed by atoms with Gasteiger partial charge in [-0.05, 0) is 26.2 Å². The third-order valence-electron chi connectivity index (χ3n) is 2.61. The average molecular weight is 250 g/mol. The Hall–Kier alpha value is -1.04. The van der Waals surface area contributed by atoms with Gasteiger partial charge in [-0.2, -0.15) is 13.2 Å². The molecule has 0 spiro atoms. The maximum absolute atomic E-state index is 11.9. The van der Waals surface area contributed by atoms with Crippen molar-refractivity contribution in [1.29, 1.82) is 0 Å². The molecule has 0 fully saturated rings. The molecule has 1 rings (SSSR count). The molecule has 0 bridgehead atoms. The van der Waals surface area contributed by atoms with Gasteiger partial charge in [0.1, 0.15) is 6.54 Å². The molecule has 0 aliphatic heterocycles.